The lowest BCUT2D eigenvalue weighted by Crippen LogP contribution is -2.10. The number of carboxylic acid groups (broad SMARTS) is 1. The minimum absolute atomic E-state index is 0.134. The molecule has 0 radical (unpaired) electrons. The van der Waals surface area contributed by atoms with Crippen LogP contribution >= 0.6 is 0 Å². The lowest BCUT2D eigenvalue weighted by molar-refractivity contribution is -0.144. The number of ether oxygens (including phenoxy) is 2. The monoisotopic (exact) mass is 252 g/mol. The Labute approximate surface area is 108 Å². The zero-order chi connectivity index (χ0) is 13.7. The van der Waals surface area contributed by atoms with Gasteiger partial charge >= 0.3 is 5.97 Å². The quantitative estimate of drug-likeness (QED) is 0.845. The summed E-state index contributed by atoms with van der Waals surface area (Å²) < 4.78 is 10.9. The molecule has 0 saturated heterocycles. The molecule has 0 bridgehead atoms. The number of hydrogen-bond acceptors (Lipinski definition) is 3. The highest BCUT2D eigenvalue weighted by atomic mass is 16.5. The van der Waals surface area contributed by atoms with Crippen molar-refractivity contribution in [2.45, 2.75) is 39.9 Å². The Morgan fingerprint density at radius 1 is 1.33 bits per heavy atom. The van der Waals surface area contributed by atoms with E-state index >= 15 is 0 Å². The highest BCUT2D eigenvalue weighted by molar-refractivity contribution is 5.68. The number of aryl methyl sites for hydroxylation is 1. The first kappa shape index (κ1) is 14.5. The summed E-state index contributed by atoms with van der Waals surface area (Å²) >= 11 is 0. The molecule has 0 aliphatic carbocycles. The summed E-state index contributed by atoms with van der Waals surface area (Å²) in [7, 11) is 0. The topological polar surface area (TPSA) is 55.8 Å². The molecule has 1 rings (SSSR count). The molecule has 0 aliphatic heterocycles. The maximum atomic E-state index is 10.4. The Balaban J connectivity index is 2.73. The van der Waals surface area contributed by atoms with Crippen LogP contribution in [0, 0.1) is 6.92 Å². The fourth-order valence-electron chi connectivity index (χ4n) is 1.60. The molecule has 0 spiro atoms. The van der Waals surface area contributed by atoms with Crippen molar-refractivity contribution in [2.75, 3.05) is 6.61 Å². The van der Waals surface area contributed by atoms with Gasteiger partial charge in [-0.1, -0.05) is 6.07 Å². The van der Waals surface area contributed by atoms with E-state index in [-0.39, 0.29) is 18.8 Å². The van der Waals surface area contributed by atoms with Crippen LogP contribution in [0.25, 0.3) is 0 Å². The van der Waals surface area contributed by atoms with Crippen LogP contribution in [0.15, 0.2) is 18.2 Å². The first-order chi connectivity index (χ1) is 8.40. The summed E-state index contributed by atoms with van der Waals surface area (Å²) in [6, 6.07) is 5.76. The van der Waals surface area contributed by atoms with Crippen LogP contribution in [0.5, 0.6) is 5.75 Å². The SMILES string of the molecule is Cc1cc(C(C)OCC(=O)O)ccc1OC(C)C. The number of rotatable bonds is 6. The van der Waals surface area contributed by atoms with Crippen LogP contribution in [0.1, 0.15) is 38.0 Å². The molecule has 100 valence electrons. The van der Waals surface area contributed by atoms with Crippen LogP contribution in [-0.4, -0.2) is 23.8 Å². The van der Waals surface area contributed by atoms with Gasteiger partial charge in [0.25, 0.3) is 0 Å². The summed E-state index contributed by atoms with van der Waals surface area (Å²) in [6.07, 6.45) is -0.108. The van der Waals surface area contributed by atoms with Crippen LogP contribution in [-0.2, 0) is 9.53 Å². The molecule has 0 fully saturated rings. The Morgan fingerprint density at radius 3 is 2.50 bits per heavy atom. The lowest BCUT2D eigenvalue weighted by Gasteiger charge is -2.16. The van der Waals surface area contributed by atoms with E-state index in [1.165, 1.54) is 0 Å². The minimum atomic E-state index is -0.960. The third-order valence-electron chi connectivity index (χ3n) is 2.49. The lowest BCUT2D eigenvalue weighted by atomic mass is 10.1. The smallest absolute Gasteiger partial charge is 0.329 e. The van der Waals surface area contributed by atoms with Gasteiger partial charge in [-0.05, 0) is 51.0 Å². The number of hydrogen-bond donors (Lipinski definition) is 1. The molecule has 1 unspecified atom stereocenters. The molecule has 1 aromatic rings. The molecule has 1 N–H and O–H groups in total. The molecule has 4 nitrogen and oxygen atoms in total. The van der Waals surface area contributed by atoms with E-state index in [2.05, 4.69) is 0 Å². The van der Waals surface area contributed by atoms with Crippen molar-refractivity contribution >= 4 is 5.97 Å². The number of carbonyl (C=O) groups is 1. The predicted molar refractivity (Wildman–Crippen MR) is 68.9 cm³/mol. The van der Waals surface area contributed by atoms with E-state index in [0.29, 0.717) is 0 Å². The Morgan fingerprint density at radius 2 is 2.00 bits per heavy atom. The summed E-state index contributed by atoms with van der Waals surface area (Å²) in [5.74, 6) is -0.113. The van der Waals surface area contributed by atoms with E-state index in [4.69, 9.17) is 14.6 Å². The Kier molecular flexibility index (Phi) is 5.16. The predicted octanol–water partition coefficient (Wildman–Crippen LogP) is 2.94. The number of aliphatic carboxylic acids is 1. The first-order valence-corrected chi connectivity index (χ1v) is 6.00. The second kappa shape index (κ2) is 6.40. The molecule has 18 heavy (non-hydrogen) atoms. The molecule has 0 aliphatic rings. The summed E-state index contributed by atoms with van der Waals surface area (Å²) in [6.45, 7) is 7.47. The highest BCUT2D eigenvalue weighted by Crippen LogP contribution is 2.25. The van der Waals surface area contributed by atoms with Gasteiger partial charge in [-0.25, -0.2) is 4.79 Å². The highest BCUT2D eigenvalue weighted by Gasteiger charge is 2.10. The van der Waals surface area contributed by atoms with Crippen LogP contribution < -0.4 is 4.74 Å². The molecular weight excluding hydrogens is 232 g/mol. The number of carboxylic acids is 1. The molecule has 0 amide bonds. The van der Waals surface area contributed by atoms with Gasteiger partial charge in [-0.3, -0.25) is 0 Å². The number of benzene rings is 1. The van der Waals surface area contributed by atoms with E-state index in [9.17, 15) is 4.79 Å². The van der Waals surface area contributed by atoms with Crippen LogP contribution in [0.2, 0.25) is 0 Å². The third kappa shape index (κ3) is 4.37. The van der Waals surface area contributed by atoms with Gasteiger partial charge in [-0.2, -0.15) is 0 Å². The minimum Gasteiger partial charge on any atom is -0.491 e. The van der Waals surface area contributed by atoms with Gasteiger partial charge in [0.15, 0.2) is 0 Å². The summed E-state index contributed by atoms with van der Waals surface area (Å²) in [4.78, 5) is 10.4. The maximum Gasteiger partial charge on any atom is 0.329 e. The average Bonchev–Trinajstić information content (AvgIpc) is 2.28. The average molecular weight is 252 g/mol. The van der Waals surface area contributed by atoms with E-state index in [0.717, 1.165) is 16.9 Å². The molecule has 1 aromatic carbocycles. The second-order valence-electron chi connectivity index (χ2n) is 4.54. The van der Waals surface area contributed by atoms with E-state index in [1.54, 1.807) is 0 Å². The summed E-state index contributed by atoms with van der Waals surface area (Å²) in [5, 5.41) is 8.56. The third-order valence-corrected chi connectivity index (χ3v) is 2.49. The Hall–Kier alpha value is -1.55. The first-order valence-electron chi connectivity index (χ1n) is 6.00. The van der Waals surface area contributed by atoms with Gasteiger partial charge in [0.05, 0.1) is 12.2 Å². The molecule has 0 heterocycles. The van der Waals surface area contributed by atoms with Crippen molar-refractivity contribution in [3.63, 3.8) is 0 Å². The molecule has 0 saturated carbocycles. The van der Waals surface area contributed by atoms with Crippen molar-refractivity contribution in [3.8, 4) is 5.75 Å². The Bertz CT molecular complexity index is 412. The standard InChI is InChI=1S/C14H20O4/c1-9(2)18-13-6-5-12(7-10(13)3)11(4)17-8-14(15)16/h5-7,9,11H,8H2,1-4H3,(H,15,16). The maximum absolute atomic E-state index is 10.4. The van der Waals surface area contributed by atoms with Gasteiger partial charge in [0.1, 0.15) is 12.4 Å². The van der Waals surface area contributed by atoms with Gasteiger partial charge in [-0.15, -0.1) is 0 Å². The van der Waals surface area contributed by atoms with Gasteiger partial charge < -0.3 is 14.6 Å². The molecular formula is C14H20O4. The van der Waals surface area contributed by atoms with E-state index in [1.807, 2.05) is 45.9 Å². The van der Waals surface area contributed by atoms with Crippen molar-refractivity contribution in [1.29, 1.82) is 0 Å². The van der Waals surface area contributed by atoms with E-state index < -0.39 is 5.97 Å². The normalized spacial score (nSPS) is 12.5. The molecule has 4 heteroatoms. The van der Waals surface area contributed by atoms with Gasteiger partial charge in [0, 0.05) is 0 Å². The van der Waals surface area contributed by atoms with Crippen molar-refractivity contribution in [1.82, 2.24) is 0 Å². The van der Waals surface area contributed by atoms with Gasteiger partial charge in [0.2, 0.25) is 0 Å². The zero-order valence-corrected chi connectivity index (χ0v) is 11.3. The second-order valence-corrected chi connectivity index (χ2v) is 4.54. The van der Waals surface area contributed by atoms with Crippen molar-refractivity contribution in [3.05, 3.63) is 29.3 Å². The molecule has 0 aromatic heterocycles. The summed E-state index contributed by atoms with van der Waals surface area (Å²) in [5.41, 5.74) is 1.97. The largest absolute Gasteiger partial charge is 0.491 e. The van der Waals surface area contributed by atoms with Crippen molar-refractivity contribution < 1.29 is 19.4 Å². The van der Waals surface area contributed by atoms with Crippen LogP contribution in [0.3, 0.4) is 0 Å². The fraction of sp³-hybridized carbons (Fsp3) is 0.500. The van der Waals surface area contributed by atoms with Crippen molar-refractivity contribution in [2.24, 2.45) is 0 Å². The molecule has 1 atom stereocenters. The fourth-order valence-corrected chi connectivity index (χ4v) is 1.60. The zero-order valence-electron chi connectivity index (χ0n) is 11.3. The van der Waals surface area contributed by atoms with Crippen LogP contribution in [0.4, 0.5) is 0 Å².